The van der Waals surface area contributed by atoms with Gasteiger partial charge in [-0.15, -0.1) is 0 Å². The molecule has 270 valence electrons. The lowest BCUT2D eigenvalue weighted by atomic mass is 10.0. The van der Waals surface area contributed by atoms with E-state index in [0.717, 1.165) is 22.3 Å². The first-order valence-corrected chi connectivity index (χ1v) is 17.4. The van der Waals surface area contributed by atoms with E-state index in [-0.39, 0.29) is 50.3 Å². The van der Waals surface area contributed by atoms with Crippen molar-refractivity contribution in [1.82, 2.24) is 45.4 Å². The van der Waals surface area contributed by atoms with E-state index >= 15 is 0 Å². The standard InChI is InChI=1S/C38H43N9O5/c1-23(2)33-38(51)41-25(4)36-44-34(27-10-6-5-7-11-27)45-47(36)22-32(49)39-16-18-52-29-14-12-26(13-15-29)19-30(37(50)43-33)42-31(48)20-28-21-40-35-24(3)9-8-17-46(28)35/h5-15,17,21,23,25,30,33H,16,18-20,22H2,1-4H3,(H,39,49)(H,41,51)(H,42,48)(H,43,50)/t25-,30-,33+/m0/s1. The number of aryl methyl sites for hydroxylation is 1. The molecule has 52 heavy (non-hydrogen) atoms. The van der Waals surface area contributed by atoms with Crippen LogP contribution in [0.2, 0.25) is 0 Å². The van der Waals surface area contributed by atoms with Gasteiger partial charge in [-0.05, 0) is 49.1 Å². The summed E-state index contributed by atoms with van der Waals surface area (Å²) in [6, 6.07) is 17.7. The lowest BCUT2D eigenvalue weighted by molar-refractivity contribution is -0.133. The van der Waals surface area contributed by atoms with Crippen LogP contribution < -0.4 is 26.0 Å². The molecule has 7 rings (SSSR count). The van der Waals surface area contributed by atoms with Crippen molar-refractivity contribution >= 4 is 29.3 Å². The Morgan fingerprint density at radius 1 is 1.00 bits per heavy atom. The molecule has 2 aromatic carbocycles. The molecule has 2 bridgehead atoms. The third-order valence-electron chi connectivity index (χ3n) is 8.88. The van der Waals surface area contributed by atoms with E-state index in [2.05, 4.69) is 31.3 Å². The van der Waals surface area contributed by atoms with Crippen LogP contribution in [0, 0.1) is 12.8 Å². The molecule has 3 atom stereocenters. The average molecular weight is 706 g/mol. The zero-order valence-corrected chi connectivity index (χ0v) is 29.6. The fourth-order valence-corrected chi connectivity index (χ4v) is 6.12. The van der Waals surface area contributed by atoms with Crippen molar-refractivity contribution < 1.29 is 23.9 Å². The van der Waals surface area contributed by atoms with Crippen LogP contribution in [-0.4, -0.2) is 73.0 Å². The zero-order chi connectivity index (χ0) is 36.8. The summed E-state index contributed by atoms with van der Waals surface area (Å²) in [6.07, 6.45) is 3.66. The zero-order valence-electron chi connectivity index (χ0n) is 29.6. The maximum Gasteiger partial charge on any atom is 0.243 e. The lowest BCUT2D eigenvalue weighted by Crippen LogP contribution is -2.56. The summed E-state index contributed by atoms with van der Waals surface area (Å²) in [5.74, 6) is -0.580. The fourth-order valence-electron chi connectivity index (χ4n) is 6.12. The number of amides is 4. The number of ether oxygens (including phenoxy) is 1. The van der Waals surface area contributed by atoms with E-state index < -0.39 is 29.9 Å². The minimum absolute atomic E-state index is 0.00498. The van der Waals surface area contributed by atoms with E-state index in [0.29, 0.717) is 23.1 Å². The van der Waals surface area contributed by atoms with Crippen LogP contribution in [0.1, 0.15) is 49.5 Å². The van der Waals surface area contributed by atoms with Crippen LogP contribution >= 0.6 is 0 Å². The van der Waals surface area contributed by atoms with Crippen molar-refractivity contribution in [3.8, 4) is 17.1 Å². The highest BCUT2D eigenvalue weighted by Gasteiger charge is 2.31. The van der Waals surface area contributed by atoms with Gasteiger partial charge in [0, 0.05) is 24.4 Å². The second-order valence-corrected chi connectivity index (χ2v) is 13.3. The van der Waals surface area contributed by atoms with Gasteiger partial charge in [-0.1, -0.05) is 62.4 Å². The highest BCUT2D eigenvalue weighted by Crippen LogP contribution is 2.20. The summed E-state index contributed by atoms with van der Waals surface area (Å²) >= 11 is 0. The predicted molar refractivity (Wildman–Crippen MR) is 193 cm³/mol. The van der Waals surface area contributed by atoms with Gasteiger partial charge in [0.2, 0.25) is 23.6 Å². The lowest BCUT2D eigenvalue weighted by Gasteiger charge is -2.27. The first kappa shape index (κ1) is 35.8. The van der Waals surface area contributed by atoms with E-state index in [1.807, 2.05) is 86.0 Å². The molecule has 0 aliphatic carbocycles. The molecule has 0 spiro atoms. The largest absolute Gasteiger partial charge is 0.492 e. The molecule has 14 heteroatoms. The number of nitrogens with zero attached hydrogens (tertiary/aromatic N) is 5. The normalized spacial score (nSPS) is 18.9. The van der Waals surface area contributed by atoms with Crippen LogP contribution in [0.3, 0.4) is 0 Å². The number of benzene rings is 2. The topological polar surface area (TPSA) is 174 Å². The third-order valence-corrected chi connectivity index (χ3v) is 8.88. The van der Waals surface area contributed by atoms with Crippen LogP contribution in [0.15, 0.2) is 79.1 Å². The summed E-state index contributed by atoms with van der Waals surface area (Å²) in [6.45, 7) is 7.68. The van der Waals surface area contributed by atoms with Crippen LogP contribution in [0.5, 0.6) is 5.75 Å². The van der Waals surface area contributed by atoms with Gasteiger partial charge in [0.05, 0.1) is 24.7 Å². The molecule has 2 aliphatic rings. The molecule has 0 saturated carbocycles. The monoisotopic (exact) mass is 705 g/mol. The van der Waals surface area contributed by atoms with Crippen LogP contribution in [-0.2, 0) is 38.6 Å². The summed E-state index contributed by atoms with van der Waals surface area (Å²) in [4.78, 5) is 63.5. The highest BCUT2D eigenvalue weighted by atomic mass is 16.5. The quantitative estimate of drug-likeness (QED) is 0.216. The predicted octanol–water partition coefficient (Wildman–Crippen LogP) is 2.70. The molecule has 4 N–H and O–H groups in total. The van der Waals surface area contributed by atoms with Gasteiger partial charge in [0.1, 0.15) is 42.5 Å². The van der Waals surface area contributed by atoms with Gasteiger partial charge in [-0.3, -0.25) is 19.2 Å². The molecule has 5 aromatic rings. The van der Waals surface area contributed by atoms with Crippen molar-refractivity contribution in [2.45, 2.75) is 65.2 Å². The van der Waals surface area contributed by atoms with E-state index in [1.54, 1.807) is 25.3 Å². The molecule has 5 heterocycles. The maximum absolute atomic E-state index is 14.0. The van der Waals surface area contributed by atoms with E-state index in [4.69, 9.17) is 9.72 Å². The molecular formula is C38H43N9O5. The summed E-state index contributed by atoms with van der Waals surface area (Å²) in [7, 11) is 0. The van der Waals surface area contributed by atoms with Gasteiger partial charge in [0.15, 0.2) is 5.82 Å². The summed E-state index contributed by atoms with van der Waals surface area (Å²) < 4.78 is 9.18. The molecular weight excluding hydrogens is 662 g/mol. The van der Waals surface area contributed by atoms with Gasteiger partial charge in [-0.2, -0.15) is 5.10 Å². The van der Waals surface area contributed by atoms with Crippen molar-refractivity contribution in [1.29, 1.82) is 0 Å². The Morgan fingerprint density at radius 3 is 2.52 bits per heavy atom. The Hall–Kier alpha value is -6.05. The van der Waals surface area contributed by atoms with Crippen molar-refractivity contribution in [2.75, 3.05) is 13.2 Å². The summed E-state index contributed by atoms with van der Waals surface area (Å²) in [5.41, 5.74) is 3.93. The Bertz CT molecular complexity index is 2060. The van der Waals surface area contributed by atoms with Crippen LogP contribution in [0.4, 0.5) is 0 Å². The SMILES string of the molecule is Cc1cccn2c(CC(=O)N[C@H]3Cc4ccc(cc4)OCCNC(=O)Cn4nc(-c5ccccc5)nc4[C@H](C)NC(=O)[C@@H](C(C)C)NC3=O)cnc12. The summed E-state index contributed by atoms with van der Waals surface area (Å²) in [5, 5.41) is 16.2. The Kier molecular flexibility index (Phi) is 10.9. The Balaban J connectivity index is 1.27. The number of nitrogens with one attached hydrogen (secondary N) is 4. The van der Waals surface area contributed by atoms with Gasteiger partial charge < -0.3 is 30.4 Å². The second-order valence-electron chi connectivity index (χ2n) is 13.3. The number of carbonyl (C=O) groups is 4. The Morgan fingerprint density at radius 2 is 1.77 bits per heavy atom. The van der Waals surface area contributed by atoms with E-state index in [9.17, 15) is 19.2 Å². The first-order valence-electron chi connectivity index (χ1n) is 17.4. The number of pyridine rings is 1. The van der Waals surface area contributed by atoms with Crippen molar-refractivity contribution in [3.05, 3.63) is 102 Å². The minimum atomic E-state index is -0.996. The molecule has 3 aromatic heterocycles. The number of rotatable bonds is 5. The molecule has 14 nitrogen and oxygen atoms in total. The highest BCUT2D eigenvalue weighted by molar-refractivity contribution is 5.93. The number of hydrogen-bond donors (Lipinski definition) is 4. The fraction of sp³-hybridized carbons (Fsp3) is 0.342. The van der Waals surface area contributed by atoms with Gasteiger partial charge >= 0.3 is 0 Å². The Labute approximate surface area is 301 Å². The first-order chi connectivity index (χ1) is 25.0. The van der Waals surface area contributed by atoms with Gasteiger partial charge in [0.25, 0.3) is 0 Å². The minimum Gasteiger partial charge on any atom is -0.492 e. The van der Waals surface area contributed by atoms with Crippen molar-refractivity contribution in [2.24, 2.45) is 5.92 Å². The molecule has 4 amide bonds. The maximum atomic E-state index is 14.0. The molecule has 0 radical (unpaired) electrons. The molecule has 0 unspecified atom stereocenters. The van der Waals surface area contributed by atoms with Gasteiger partial charge in [-0.25, -0.2) is 14.6 Å². The average Bonchev–Trinajstić information content (AvgIpc) is 3.74. The molecule has 2 aliphatic heterocycles. The molecule has 0 saturated heterocycles. The third kappa shape index (κ3) is 8.45. The van der Waals surface area contributed by atoms with E-state index in [1.165, 1.54) is 4.68 Å². The molecule has 0 fully saturated rings. The smallest absolute Gasteiger partial charge is 0.243 e. The number of hydrogen-bond acceptors (Lipinski definition) is 8. The second kappa shape index (κ2) is 15.9. The number of fused-ring (bicyclic) bond motifs is 15. The van der Waals surface area contributed by atoms with Crippen LogP contribution in [0.25, 0.3) is 17.0 Å². The number of carbonyl (C=O) groups excluding carboxylic acids is 4. The number of imidazole rings is 1. The number of aromatic nitrogens is 5. The van der Waals surface area contributed by atoms with Crippen molar-refractivity contribution in [3.63, 3.8) is 0 Å².